The fourth-order valence-corrected chi connectivity index (χ4v) is 1.17. The Hall–Kier alpha value is -0.110. The van der Waals surface area contributed by atoms with E-state index in [2.05, 4.69) is 13.8 Å². The third kappa shape index (κ3) is 4.70. The zero-order valence-corrected chi connectivity index (χ0v) is 8.81. The summed E-state index contributed by atoms with van der Waals surface area (Å²) >= 11 is 0. The summed E-state index contributed by atoms with van der Waals surface area (Å²) in [5, 5.41) is 0. The molecule has 0 aromatic carbocycles. The van der Waals surface area contributed by atoms with E-state index < -0.39 is 6.17 Å². The molecule has 1 aliphatic heterocycles. The van der Waals surface area contributed by atoms with E-state index in [9.17, 15) is 4.39 Å². The van der Waals surface area contributed by atoms with E-state index in [4.69, 9.17) is 0 Å². The number of alkyl halides is 1. The van der Waals surface area contributed by atoms with Gasteiger partial charge >= 0.3 is 0 Å². The summed E-state index contributed by atoms with van der Waals surface area (Å²) in [6.45, 7) is 7.92. The molecule has 1 nitrogen and oxygen atoms in total. The minimum Gasteiger partial charge on any atom is -0.303 e. The smallest absolute Gasteiger partial charge is 0.115 e. The van der Waals surface area contributed by atoms with Crippen molar-refractivity contribution in [2.45, 2.75) is 39.8 Å². The molecule has 1 aliphatic rings. The summed E-state index contributed by atoms with van der Waals surface area (Å²) in [5.41, 5.74) is 0. The van der Waals surface area contributed by atoms with Gasteiger partial charge in [-0.05, 0) is 25.9 Å². The van der Waals surface area contributed by atoms with E-state index >= 15 is 0 Å². The van der Waals surface area contributed by atoms with Crippen molar-refractivity contribution in [3.8, 4) is 0 Å². The van der Waals surface area contributed by atoms with Crippen LogP contribution in [0.4, 0.5) is 4.39 Å². The lowest BCUT2D eigenvalue weighted by atomic mass is 9.98. The van der Waals surface area contributed by atoms with Gasteiger partial charge in [0.1, 0.15) is 6.17 Å². The Bertz CT molecular complexity index is 106. The number of hydrogen-bond donors (Lipinski definition) is 0. The molecule has 0 bridgehead atoms. The first-order chi connectivity index (χ1) is 5.61. The third-order valence-electron chi connectivity index (χ3n) is 2.07. The normalized spacial score (nSPS) is 30.8. The van der Waals surface area contributed by atoms with Crippen molar-refractivity contribution >= 4 is 0 Å². The van der Waals surface area contributed by atoms with E-state index in [0.717, 1.165) is 13.0 Å². The Labute approximate surface area is 75.9 Å². The number of likely N-dealkylation sites (tertiary alicyclic amines) is 1. The molecule has 0 aromatic heterocycles. The summed E-state index contributed by atoms with van der Waals surface area (Å²) in [7, 11) is 1.97. The van der Waals surface area contributed by atoms with Gasteiger partial charge < -0.3 is 4.90 Å². The van der Waals surface area contributed by atoms with Gasteiger partial charge in [0.25, 0.3) is 0 Å². The van der Waals surface area contributed by atoms with Crippen LogP contribution in [-0.2, 0) is 0 Å². The fraction of sp³-hybridized carbons (Fsp3) is 1.00. The molecule has 1 rings (SSSR count). The van der Waals surface area contributed by atoms with Gasteiger partial charge in [-0.3, -0.25) is 0 Å². The summed E-state index contributed by atoms with van der Waals surface area (Å²) in [6, 6.07) is 0. The van der Waals surface area contributed by atoms with Crippen LogP contribution in [0.15, 0.2) is 0 Å². The largest absolute Gasteiger partial charge is 0.303 e. The molecule has 1 heterocycles. The molecule has 0 radical (unpaired) electrons. The molecule has 2 heteroatoms. The molecule has 74 valence electrons. The van der Waals surface area contributed by atoms with Crippen molar-refractivity contribution in [3.05, 3.63) is 0 Å². The lowest BCUT2D eigenvalue weighted by molar-refractivity contribution is 0.112. The van der Waals surface area contributed by atoms with E-state index in [1.54, 1.807) is 0 Å². The summed E-state index contributed by atoms with van der Waals surface area (Å²) < 4.78 is 12.8. The number of piperidine rings is 1. The van der Waals surface area contributed by atoms with Gasteiger partial charge in [0, 0.05) is 6.54 Å². The highest BCUT2D eigenvalue weighted by Crippen LogP contribution is 2.17. The van der Waals surface area contributed by atoms with Crippen molar-refractivity contribution < 1.29 is 4.39 Å². The second-order valence-corrected chi connectivity index (χ2v) is 3.75. The average molecular weight is 175 g/mol. The van der Waals surface area contributed by atoms with Crippen LogP contribution in [0.1, 0.15) is 33.6 Å². The molecule has 0 aromatic rings. The Kier molecular flexibility index (Phi) is 6.35. The van der Waals surface area contributed by atoms with Crippen LogP contribution in [0.5, 0.6) is 0 Å². The van der Waals surface area contributed by atoms with E-state index in [-0.39, 0.29) is 5.92 Å². The molecule has 0 N–H and O–H groups in total. The van der Waals surface area contributed by atoms with E-state index in [1.165, 1.54) is 6.42 Å². The Morgan fingerprint density at radius 2 is 1.92 bits per heavy atom. The molecule has 0 unspecified atom stereocenters. The van der Waals surface area contributed by atoms with Crippen molar-refractivity contribution in [1.29, 1.82) is 0 Å². The quantitative estimate of drug-likeness (QED) is 0.547. The Balaban J connectivity index is 0.000000354. The zero-order chi connectivity index (χ0) is 9.56. The van der Waals surface area contributed by atoms with Crippen LogP contribution in [0.3, 0.4) is 0 Å². The lowest BCUT2D eigenvalue weighted by Gasteiger charge is -2.29. The predicted molar refractivity (Wildman–Crippen MR) is 52.1 cm³/mol. The van der Waals surface area contributed by atoms with Gasteiger partial charge in [-0.15, -0.1) is 0 Å². The standard InChI is InChI=1S/C7H14FN.C3H8/c1-6-3-4-9(2)5-7(6)8;1-3-2/h6-7H,3-5H2,1-2H3;3H2,1-2H3/t6-,7-;/m1./s1. The van der Waals surface area contributed by atoms with Gasteiger partial charge in [-0.25, -0.2) is 4.39 Å². The topological polar surface area (TPSA) is 3.24 Å². The van der Waals surface area contributed by atoms with Crippen LogP contribution in [0.25, 0.3) is 0 Å². The van der Waals surface area contributed by atoms with Crippen LogP contribution >= 0.6 is 0 Å². The van der Waals surface area contributed by atoms with Crippen LogP contribution in [-0.4, -0.2) is 31.2 Å². The maximum absolute atomic E-state index is 12.8. The van der Waals surface area contributed by atoms with Crippen LogP contribution in [0.2, 0.25) is 0 Å². The number of nitrogens with zero attached hydrogens (tertiary/aromatic N) is 1. The van der Waals surface area contributed by atoms with Crippen LogP contribution in [0, 0.1) is 5.92 Å². The van der Waals surface area contributed by atoms with Gasteiger partial charge in [-0.1, -0.05) is 27.2 Å². The summed E-state index contributed by atoms with van der Waals surface area (Å²) in [5.74, 6) is 0.279. The molecular weight excluding hydrogens is 153 g/mol. The predicted octanol–water partition coefficient (Wildman–Crippen LogP) is 2.71. The molecule has 1 fully saturated rings. The summed E-state index contributed by atoms with van der Waals surface area (Å²) in [4.78, 5) is 2.05. The zero-order valence-electron chi connectivity index (χ0n) is 8.81. The molecule has 0 spiro atoms. The minimum atomic E-state index is -0.594. The van der Waals surface area contributed by atoms with Crippen LogP contribution < -0.4 is 0 Å². The molecule has 0 amide bonds. The van der Waals surface area contributed by atoms with Gasteiger partial charge in [-0.2, -0.15) is 0 Å². The average Bonchev–Trinajstić information content (AvgIpc) is 1.99. The molecule has 12 heavy (non-hydrogen) atoms. The first-order valence-electron chi connectivity index (χ1n) is 4.94. The summed E-state index contributed by atoms with van der Waals surface area (Å²) in [6.07, 6.45) is 1.67. The van der Waals surface area contributed by atoms with Crippen molar-refractivity contribution in [3.63, 3.8) is 0 Å². The van der Waals surface area contributed by atoms with Gasteiger partial charge in [0.05, 0.1) is 0 Å². The lowest BCUT2D eigenvalue weighted by Crippen LogP contribution is -2.38. The number of halogens is 1. The molecule has 1 saturated heterocycles. The first-order valence-corrected chi connectivity index (χ1v) is 4.94. The number of hydrogen-bond acceptors (Lipinski definition) is 1. The molecular formula is C10H22FN. The maximum atomic E-state index is 12.8. The van der Waals surface area contributed by atoms with E-state index in [0.29, 0.717) is 6.54 Å². The number of rotatable bonds is 0. The highest BCUT2D eigenvalue weighted by molar-refractivity contribution is 4.74. The van der Waals surface area contributed by atoms with Gasteiger partial charge in [0.2, 0.25) is 0 Å². The second-order valence-electron chi connectivity index (χ2n) is 3.75. The van der Waals surface area contributed by atoms with Crippen molar-refractivity contribution in [2.75, 3.05) is 20.1 Å². The third-order valence-corrected chi connectivity index (χ3v) is 2.07. The highest BCUT2D eigenvalue weighted by atomic mass is 19.1. The maximum Gasteiger partial charge on any atom is 0.115 e. The monoisotopic (exact) mass is 175 g/mol. The SMILES string of the molecule is CCC.C[C@@H]1CCN(C)C[C@H]1F. The highest BCUT2D eigenvalue weighted by Gasteiger charge is 2.22. The van der Waals surface area contributed by atoms with Crippen molar-refractivity contribution in [2.24, 2.45) is 5.92 Å². The Morgan fingerprint density at radius 1 is 1.42 bits per heavy atom. The minimum absolute atomic E-state index is 0.279. The van der Waals surface area contributed by atoms with Gasteiger partial charge in [0.15, 0.2) is 0 Å². The fourth-order valence-electron chi connectivity index (χ4n) is 1.17. The van der Waals surface area contributed by atoms with E-state index in [1.807, 2.05) is 18.9 Å². The molecule has 0 aliphatic carbocycles. The Morgan fingerprint density at radius 3 is 2.25 bits per heavy atom. The van der Waals surface area contributed by atoms with Crippen molar-refractivity contribution in [1.82, 2.24) is 4.90 Å². The first kappa shape index (κ1) is 11.9. The second kappa shape index (κ2) is 6.41. The molecule has 2 atom stereocenters. The molecule has 0 saturated carbocycles.